The van der Waals surface area contributed by atoms with E-state index in [2.05, 4.69) is 20.4 Å². The van der Waals surface area contributed by atoms with Crippen LogP contribution in [0.2, 0.25) is 5.15 Å². The third-order valence-corrected chi connectivity index (χ3v) is 2.04. The van der Waals surface area contributed by atoms with Crippen LogP contribution in [0.5, 0.6) is 0 Å². The predicted molar refractivity (Wildman–Crippen MR) is 56.2 cm³/mol. The van der Waals surface area contributed by atoms with Gasteiger partial charge in [-0.3, -0.25) is 4.79 Å². The summed E-state index contributed by atoms with van der Waals surface area (Å²) in [4.78, 5) is 19.2. The van der Waals surface area contributed by atoms with Gasteiger partial charge >= 0.3 is 0 Å². The predicted octanol–water partition coefficient (Wildman–Crippen LogP) is 1.68. The highest BCUT2D eigenvalue weighted by Gasteiger charge is 2.14. The summed E-state index contributed by atoms with van der Waals surface area (Å²) in [7, 11) is 0. The van der Waals surface area contributed by atoms with Gasteiger partial charge in [-0.2, -0.15) is 0 Å². The van der Waals surface area contributed by atoms with Crippen molar-refractivity contribution in [3.05, 3.63) is 35.1 Å². The van der Waals surface area contributed by atoms with Crippen LogP contribution in [0.1, 0.15) is 16.1 Å². The van der Waals surface area contributed by atoms with Gasteiger partial charge in [0.25, 0.3) is 5.91 Å². The van der Waals surface area contributed by atoms with E-state index in [0.29, 0.717) is 11.4 Å². The third kappa shape index (κ3) is 2.17. The second-order valence-electron chi connectivity index (χ2n) is 3.02. The summed E-state index contributed by atoms with van der Waals surface area (Å²) in [5, 5.41) is 6.27. The number of rotatable bonds is 2. The number of aryl methyl sites for hydroxylation is 1. The molecular weight excluding hydrogens is 232 g/mol. The molecule has 0 saturated carbocycles. The molecule has 0 aromatic carbocycles. The summed E-state index contributed by atoms with van der Waals surface area (Å²) in [5.74, 6) is 0.0281. The number of hydrogen-bond donors (Lipinski definition) is 1. The Bertz CT molecular complexity index is 526. The molecule has 16 heavy (non-hydrogen) atoms. The van der Waals surface area contributed by atoms with Gasteiger partial charge in [-0.1, -0.05) is 16.8 Å². The summed E-state index contributed by atoms with van der Waals surface area (Å²) in [6.45, 7) is 1.72. The van der Waals surface area contributed by atoms with Gasteiger partial charge in [0.2, 0.25) is 5.76 Å². The van der Waals surface area contributed by atoms with Crippen molar-refractivity contribution in [1.29, 1.82) is 0 Å². The molecule has 0 bridgehead atoms. The van der Waals surface area contributed by atoms with Crippen molar-refractivity contribution in [1.82, 2.24) is 15.1 Å². The van der Waals surface area contributed by atoms with Crippen LogP contribution in [0.4, 0.5) is 5.82 Å². The normalized spacial score (nSPS) is 10.1. The van der Waals surface area contributed by atoms with E-state index in [1.807, 2.05) is 0 Å². The van der Waals surface area contributed by atoms with Gasteiger partial charge in [0.05, 0.1) is 6.20 Å². The molecular formula is C9H7ClN4O2. The minimum absolute atomic E-state index is 0.148. The number of halogens is 1. The van der Waals surface area contributed by atoms with Crippen LogP contribution in [-0.2, 0) is 0 Å². The van der Waals surface area contributed by atoms with Crippen molar-refractivity contribution in [2.75, 3.05) is 5.32 Å². The zero-order chi connectivity index (χ0) is 11.5. The first kappa shape index (κ1) is 10.6. The molecule has 0 radical (unpaired) electrons. The van der Waals surface area contributed by atoms with Crippen molar-refractivity contribution in [3.63, 3.8) is 0 Å². The maximum Gasteiger partial charge on any atom is 0.295 e. The number of amides is 1. The van der Waals surface area contributed by atoms with Crippen molar-refractivity contribution in [2.45, 2.75) is 6.92 Å². The topological polar surface area (TPSA) is 80.9 Å². The highest BCUT2D eigenvalue weighted by Crippen LogP contribution is 2.12. The Hall–Kier alpha value is -1.95. The van der Waals surface area contributed by atoms with Crippen LogP contribution in [0, 0.1) is 6.92 Å². The van der Waals surface area contributed by atoms with E-state index in [4.69, 9.17) is 16.1 Å². The zero-order valence-electron chi connectivity index (χ0n) is 8.27. The first-order chi connectivity index (χ1) is 7.66. The number of carbonyl (C=O) groups is 1. The standard InChI is InChI=1S/C9H7ClN4O2/c1-5-3-13-16-8(5)9(15)14-7-2-6(10)11-4-12-7/h2-4H,1H3,(H,11,12,14,15). The molecule has 2 aromatic heterocycles. The second kappa shape index (κ2) is 4.28. The molecule has 0 saturated heterocycles. The summed E-state index contributed by atoms with van der Waals surface area (Å²) in [6, 6.07) is 1.44. The lowest BCUT2D eigenvalue weighted by molar-refractivity contribution is 0.0986. The summed E-state index contributed by atoms with van der Waals surface area (Å²) >= 11 is 5.65. The largest absolute Gasteiger partial charge is 0.351 e. The first-order valence-corrected chi connectivity index (χ1v) is 4.75. The molecule has 0 atom stereocenters. The first-order valence-electron chi connectivity index (χ1n) is 4.37. The molecule has 0 fully saturated rings. The molecule has 6 nitrogen and oxygen atoms in total. The van der Waals surface area contributed by atoms with Crippen LogP contribution < -0.4 is 5.32 Å². The molecule has 0 aliphatic rings. The summed E-state index contributed by atoms with van der Waals surface area (Å²) in [6.07, 6.45) is 2.72. The highest BCUT2D eigenvalue weighted by molar-refractivity contribution is 6.29. The lowest BCUT2D eigenvalue weighted by atomic mass is 10.3. The molecule has 0 unspecified atom stereocenters. The average molecular weight is 239 g/mol. The van der Waals surface area contributed by atoms with E-state index in [9.17, 15) is 4.79 Å². The molecule has 0 spiro atoms. The number of aromatic nitrogens is 3. The van der Waals surface area contributed by atoms with Crippen molar-refractivity contribution < 1.29 is 9.32 Å². The lowest BCUT2D eigenvalue weighted by Crippen LogP contribution is -2.13. The molecule has 1 amide bonds. The Labute approximate surface area is 95.6 Å². The smallest absolute Gasteiger partial charge is 0.295 e. The molecule has 2 heterocycles. The fraction of sp³-hybridized carbons (Fsp3) is 0.111. The molecule has 7 heteroatoms. The zero-order valence-corrected chi connectivity index (χ0v) is 9.02. The number of nitrogens with one attached hydrogen (secondary N) is 1. The fourth-order valence-corrected chi connectivity index (χ4v) is 1.23. The number of nitrogens with zero attached hydrogens (tertiary/aromatic N) is 3. The van der Waals surface area contributed by atoms with Gasteiger partial charge in [0, 0.05) is 11.6 Å². The van der Waals surface area contributed by atoms with Crippen molar-refractivity contribution >= 4 is 23.3 Å². The molecule has 2 aromatic rings. The third-order valence-electron chi connectivity index (χ3n) is 1.83. The van der Waals surface area contributed by atoms with Gasteiger partial charge < -0.3 is 9.84 Å². The Morgan fingerprint density at radius 2 is 2.31 bits per heavy atom. The van der Waals surface area contributed by atoms with E-state index >= 15 is 0 Å². The summed E-state index contributed by atoms with van der Waals surface area (Å²) in [5.41, 5.74) is 0.651. The minimum atomic E-state index is -0.426. The van der Waals surface area contributed by atoms with Crippen LogP contribution in [0.15, 0.2) is 23.1 Å². The average Bonchev–Trinajstić information content (AvgIpc) is 2.64. The van der Waals surface area contributed by atoms with Gasteiger partial charge in [0.15, 0.2) is 0 Å². The Balaban J connectivity index is 2.17. The lowest BCUT2D eigenvalue weighted by Gasteiger charge is -2.01. The fourth-order valence-electron chi connectivity index (χ4n) is 1.08. The second-order valence-corrected chi connectivity index (χ2v) is 3.41. The van der Waals surface area contributed by atoms with Gasteiger partial charge in [-0.05, 0) is 6.92 Å². The van der Waals surface area contributed by atoms with E-state index in [1.165, 1.54) is 18.6 Å². The molecule has 0 aliphatic heterocycles. The van der Waals surface area contributed by atoms with E-state index in [1.54, 1.807) is 6.92 Å². The van der Waals surface area contributed by atoms with Crippen LogP contribution in [0.25, 0.3) is 0 Å². The number of hydrogen-bond acceptors (Lipinski definition) is 5. The number of carbonyl (C=O) groups excluding carboxylic acids is 1. The molecule has 2 rings (SSSR count). The Morgan fingerprint density at radius 3 is 2.94 bits per heavy atom. The van der Waals surface area contributed by atoms with E-state index < -0.39 is 5.91 Å². The maximum absolute atomic E-state index is 11.7. The van der Waals surface area contributed by atoms with Crippen LogP contribution in [-0.4, -0.2) is 21.0 Å². The maximum atomic E-state index is 11.7. The summed E-state index contributed by atoms with van der Waals surface area (Å²) < 4.78 is 4.79. The number of anilines is 1. The molecule has 82 valence electrons. The Morgan fingerprint density at radius 1 is 1.50 bits per heavy atom. The minimum Gasteiger partial charge on any atom is -0.351 e. The highest BCUT2D eigenvalue weighted by atomic mass is 35.5. The Kier molecular flexibility index (Phi) is 2.82. The van der Waals surface area contributed by atoms with Gasteiger partial charge in [-0.25, -0.2) is 9.97 Å². The van der Waals surface area contributed by atoms with Gasteiger partial charge in [0.1, 0.15) is 17.3 Å². The molecule has 1 N–H and O–H groups in total. The SMILES string of the molecule is Cc1cnoc1C(=O)Nc1cc(Cl)ncn1. The van der Waals surface area contributed by atoms with E-state index in [0.717, 1.165) is 0 Å². The van der Waals surface area contributed by atoms with Gasteiger partial charge in [-0.15, -0.1) is 0 Å². The quantitative estimate of drug-likeness (QED) is 0.805. The monoisotopic (exact) mass is 238 g/mol. The van der Waals surface area contributed by atoms with E-state index in [-0.39, 0.29) is 10.9 Å². The van der Waals surface area contributed by atoms with Crippen molar-refractivity contribution in [3.8, 4) is 0 Å². The molecule has 0 aliphatic carbocycles. The van der Waals surface area contributed by atoms with Crippen LogP contribution in [0.3, 0.4) is 0 Å². The van der Waals surface area contributed by atoms with Crippen molar-refractivity contribution in [2.24, 2.45) is 0 Å². The van der Waals surface area contributed by atoms with Crippen LogP contribution >= 0.6 is 11.6 Å².